The van der Waals surface area contributed by atoms with Gasteiger partial charge in [-0.05, 0) is 36.9 Å². The Bertz CT molecular complexity index is 617. The molecule has 0 radical (unpaired) electrons. The van der Waals surface area contributed by atoms with Gasteiger partial charge in [-0.3, -0.25) is 9.78 Å². The van der Waals surface area contributed by atoms with Crippen molar-refractivity contribution in [3.63, 3.8) is 0 Å². The Balaban J connectivity index is 1.90. The van der Waals surface area contributed by atoms with E-state index in [1.807, 2.05) is 24.1 Å². The maximum Gasteiger partial charge on any atom is 0.169 e. The Labute approximate surface area is 122 Å². The SMILES string of the molecule is CN(CCC(=O)c1cccc(F)c1F)Cc1ccncc1. The lowest BCUT2D eigenvalue weighted by atomic mass is 10.1. The fraction of sp³-hybridized carbons (Fsp3) is 0.250. The molecule has 0 aliphatic carbocycles. The first-order valence-corrected chi connectivity index (χ1v) is 6.62. The van der Waals surface area contributed by atoms with E-state index in [1.54, 1.807) is 12.4 Å². The molecular formula is C16H16F2N2O. The van der Waals surface area contributed by atoms with E-state index in [2.05, 4.69) is 4.98 Å². The fourth-order valence-electron chi connectivity index (χ4n) is 2.03. The highest BCUT2D eigenvalue weighted by Crippen LogP contribution is 2.13. The zero-order chi connectivity index (χ0) is 15.2. The maximum atomic E-state index is 13.5. The molecule has 0 saturated carbocycles. The standard InChI is InChI=1S/C16H16F2N2O/c1-20(11-12-5-8-19-9-6-12)10-7-15(21)13-3-2-4-14(17)16(13)18/h2-6,8-9H,7,10-11H2,1H3. The molecule has 110 valence electrons. The highest BCUT2D eigenvalue weighted by molar-refractivity contribution is 5.96. The van der Waals surface area contributed by atoms with E-state index in [0.717, 1.165) is 11.6 Å². The van der Waals surface area contributed by atoms with Crippen molar-refractivity contribution in [3.05, 3.63) is 65.5 Å². The van der Waals surface area contributed by atoms with Crippen LogP contribution in [0, 0.1) is 11.6 Å². The van der Waals surface area contributed by atoms with Crippen molar-refractivity contribution >= 4 is 5.78 Å². The Morgan fingerprint density at radius 2 is 1.90 bits per heavy atom. The van der Waals surface area contributed by atoms with Gasteiger partial charge in [-0.15, -0.1) is 0 Å². The summed E-state index contributed by atoms with van der Waals surface area (Å²) in [5.74, 6) is -2.46. The molecule has 1 aromatic heterocycles. The first kappa shape index (κ1) is 15.3. The van der Waals surface area contributed by atoms with Crippen molar-refractivity contribution in [3.8, 4) is 0 Å². The van der Waals surface area contributed by atoms with Crippen molar-refractivity contribution in [2.75, 3.05) is 13.6 Å². The van der Waals surface area contributed by atoms with Crippen LogP contribution in [0.1, 0.15) is 22.3 Å². The van der Waals surface area contributed by atoms with Crippen molar-refractivity contribution < 1.29 is 13.6 Å². The molecule has 1 aromatic carbocycles. The van der Waals surface area contributed by atoms with Crippen LogP contribution in [0.5, 0.6) is 0 Å². The van der Waals surface area contributed by atoms with Crippen LogP contribution in [0.4, 0.5) is 8.78 Å². The molecule has 2 rings (SSSR count). The van der Waals surface area contributed by atoms with Gasteiger partial charge in [0.1, 0.15) is 0 Å². The summed E-state index contributed by atoms with van der Waals surface area (Å²) in [5, 5.41) is 0. The van der Waals surface area contributed by atoms with Crippen molar-refractivity contribution in [1.29, 1.82) is 0 Å². The number of Topliss-reactive ketones (excluding diaryl/α,β-unsaturated/α-hetero) is 1. The number of carbonyl (C=O) groups excluding carboxylic acids is 1. The number of pyridine rings is 1. The number of rotatable bonds is 6. The second-order valence-corrected chi connectivity index (χ2v) is 4.87. The Kier molecular flexibility index (Phi) is 5.11. The fourth-order valence-corrected chi connectivity index (χ4v) is 2.03. The van der Waals surface area contributed by atoms with Gasteiger partial charge in [0.25, 0.3) is 0 Å². The smallest absolute Gasteiger partial charge is 0.169 e. The third-order valence-corrected chi connectivity index (χ3v) is 3.17. The summed E-state index contributed by atoms with van der Waals surface area (Å²) in [5.41, 5.74) is 0.893. The van der Waals surface area contributed by atoms with Gasteiger partial charge in [0, 0.05) is 31.9 Å². The lowest BCUT2D eigenvalue weighted by Crippen LogP contribution is -2.22. The van der Waals surface area contributed by atoms with Gasteiger partial charge in [0.05, 0.1) is 5.56 Å². The van der Waals surface area contributed by atoms with Gasteiger partial charge in [-0.25, -0.2) is 8.78 Å². The monoisotopic (exact) mass is 290 g/mol. The van der Waals surface area contributed by atoms with Crippen LogP contribution in [0.15, 0.2) is 42.7 Å². The molecule has 0 bridgehead atoms. The normalized spacial score (nSPS) is 10.9. The van der Waals surface area contributed by atoms with Gasteiger partial charge in [-0.2, -0.15) is 0 Å². The van der Waals surface area contributed by atoms with E-state index in [-0.39, 0.29) is 12.0 Å². The molecular weight excluding hydrogens is 274 g/mol. The molecule has 5 heteroatoms. The molecule has 1 heterocycles. The van der Waals surface area contributed by atoms with E-state index < -0.39 is 17.4 Å². The summed E-state index contributed by atoms with van der Waals surface area (Å²) in [6.07, 6.45) is 3.55. The Hall–Kier alpha value is -2.14. The molecule has 0 fully saturated rings. The lowest BCUT2D eigenvalue weighted by molar-refractivity contribution is 0.0963. The first-order chi connectivity index (χ1) is 10.1. The van der Waals surface area contributed by atoms with E-state index in [9.17, 15) is 13.6 Å². The minimum atomic E-state index is -1.07. The number of aromatic nitrogens is 1. The third kappa shape index (κ3) is 4.16. The zero-order valence-electron chi connectivity index (χ0n) is 11.7. The van der Waals surface area contributed by atoms with Gasteiger partial charge >= 0.3 is 0 Å². The number of ketones is 1. The van der Waals surface area contributed by atoms with Crippen LogP contribution in [0.2, 0.25) is 0 Å². The number of hydrogen-bond donors (Lipinski definition) is 0. The second kappa shape index (κ2) is 7.04. The number of benzene rings is 1. The molecule has 0 amide bonds. The van der Waals surface area contributed by atoms with Crippen LogP contribution < -0.4 is 0 Å². The molecule has 0 unspecified atom stereocenters. The summed E-state index contributed by atoms with van der Waals surface area (Å²) in [4.78, 5) is 17.8. The summed E-state index contributed by atoms with van der Waals surface area (Å²) in [7, 11) is 1.87. The molecule has 0 aliphatic heterocycles. The number of nitrogens with zero attached hydrogens (tertiary/aromatic N) is 2. The van der Waals surface area contributed by atoms with E-state index in [4.69, 9.17) is 0 Å². The van der Waals surface area contributed by atoms with Crippen LogP contribution in [-0.4, -0.2) is 29.3 Å². The quantitative estimate of drug-likeness (QED) is 0.767. The Morgan fingerprint density at radius 1 is 1.19 bits per heavy atom. The maximum absolute atomic E-state index is 13.5. The first-order valence-electron chi connectivity index (χ1n) is 6.62. The van der Waals surface area contributed by atoms with Gasteiger partial charge in [0.15, 0.2) is 17.4 Å². The molecule has 0 atom stereocenters. The van der Waals surface area contributed by atoms with Crippen LogP contribution in [-0.2, 0) is 6.54 Å². The predicted octanol–water partition coefficient (Wildman–Crippen LogP) is 3.06. The highest BCUT2D eigenvalue weighted by Gasteiger charge is 2.15. The summed E-state index contributed by atoms with van der Waals surface area (Å²) in [6.45, 7) is 1.14. The second-order valence-electron chi connectivity index (χ2n) is 4.87. The van der Waals surface area contributed by atoms with Gasteiger partial charge in [-0.1, -0.05) is 6.07 Å². The van der Waals surface area contributed by atoms with E-state index in [1.165, 1.54) is 12.1 Å². The molecule has 0 aliphatic rings. The molecule has 0 N–H and O–H groups in total. The van der Waals surface area contributed by atoms with Crippen molar-refractivity contribution in [1.82, 2.24) is 9.88 Å². The molecule has 3 nitrogen and oxygen atoms in total. The topological polar surface area (TPSA) is 33.2 Å². The highest BCUT2D eigenvalue weighted by atomic mass is 19.2. The molecule has 21 heavy (non-hydrogen) atoms. The van der Waals surface area contributed by atoms with Gasteiger partial charge in [0.2, 0.25) is 0 Å². The van der Waals surface area contributed by atoms with Crippen LogP contribution in [0.3, 0.4) is 0 Å². The predicted molar refractivity (Wildman–Crippen MR) is 75.9 cm³/mol. The molecule has 2 aromatic rings. The van der Waals surface area contributed by atoms with Crippen LogP contribution >= 0.6 is 0 Å². The van der Waals surface area contributed by atoms with Crippen LogP contribution in [0.25, 0.3) is 0 Å². The number of hydrogen-bond acceptors (Lipinski definition) is 3. The van der Waals surface area contributed by atoms with Gasteiger partial charge < -0.3 is 4.90 Å². The Morgan fingerprint density at radius 3 is 2.62 bits per heavy atom. The number of carbonyl (C=O) groups is 1. The summed E-state index contributed by atoms with van der Waals surface area (Å²) in [6, 6.07) is 7.44. The van der Waals surface area contributed by atoms with Crippen molar-refractivity contribution in [2.24, 2.45) is 0 Å². The minimum Gasteiger partial charge on any atom is -0.302 e. The largest absolute Gasteiger partial charge is 0.302 e. The average molecular weight is 290 g/mol. The average Bonchev–Trinajstić information content (AvgIpc) is 2.48. The molecule has 0 saturated heterocycles. The third-order valence-electron chi connectivity index (χ3n) is 3.17. The number of halogens is 2. The molecule has 0 spiro atoms. The zero-order valence-corrected chi connectivity index (χ0v) is 11.7. The summed E-state index contributed by atoms with van der Waals surface area (Å²) < 4.78 is 26.6. The van der Waals surface area contributed by atoms with E-state index >= 15 is 0 Å². The minimum absolute atomic E-state index is 0.141. The lowest BCUT2D eigenvalue weighted by Gasteiger charge is -2.16. The van der Waals surface area contributed by atoms with Crippen molar-refractivity contribution in [2.45, 2.75) is 13.0 Å². The summed E-state index contributed by atoms with van der Waals surface area (Å²) >= 11 is 0. The van der Waals surface area contributed by atoms with E-state index in [0.29, 0.717) is 13.1 Å².